The zero-order chi connectivity index (χ0) is 12.4. The van der Waals surface area contributed by atoms with Crippen molar-refractivity contribution in [2.75, 3.05) is 11.9 Å². The molecular weight excluding hydrogens is 259 g/mol. The summed E-state index contributed by atoms with van der Waals surface area (Å²) in [5.74, 6) is 0.416. The Bertz CT molecular complexity index is 507. The summed E-state index contributed by atoms with van der Waals surface area (Å²) in [6, 6.07) is 7.97. The molecule has 0 aliphatic carbocycles. The largest absolute Gasteiger partial charge is 0.313 e. The van der Waals surface area contributed by atoms with Crippen molar-refractivity contribution in [2.45, 2.75) is 6.92 Å². The van der Waals surface area contributed by atoms with Gasteiger partial charge in [0.2, 0.25) is 16.5 Å². The van der Waals surface area contributed by atoms with E-state index in [1.807, 2.05) is 38.2 Å². The Morgan fingerprint density at radius 3 is 2.00 bits per heavy atom. The Hall–Kier alpha value is -1.39. The first kappa shape index (κ1) is 12.1. The fraction of sp³-hybridized carbons (Fsp3) is 0.182. The highest BCUT2D eigenvalue weighted by molar-refractivity contribution is 6.31. The van der Waals surface area contributed by atoms with Crippen LogP contribution in [0.4, 0.5) is 11.6 Å². The van der Waals surface area contributed by atoms with Crippen LogP contribution in [0, 0.1) is 6.92 Å². The predicted molar refractivity (Wildman–Crippen MR) is 69.1 cm³/mol. The number of hydrogen-bond acceptors (Lipinski definition) is 4. The second-order valence-corrected chi connectivity index (χ2v) is 4.24. The summed E-state index contributed by atoms with van der Waals surface area (Å²) in [6.45, 7) is 2.03. The van der Waals surface area contributed by atoms with Crippen LogP contribution in [0.3, 0.4) is 0 Å². The molecule has 0 aliphatic rings. The molecule has 0 spiro atoms. The molecule has 88 valence electrons. The maximum absolute atomic E-state index is 5.73. The van der Waals surface area contributed by atoms with Crippen LogP contribution in [0.5, 0.6) is 0 Å². The van der Waals surface area contributed by atoms with E-state index in [1.165, 1.54) is 5.56 Å². The molecule has 0 fully saturated rings. The molecule has 0 unspecified atom stereocenters. The van der Waals surface area contributed by atoms with E-state index in [0.717, 1.165) is 5.69 Å². The van der Waals surface area contributed by atoms with Gasteiger partial charge < -0.3 is 4.90 Å². The van der Waals surface area contributed by atoms with Gasteiger partial charge in [-0.1, -0.05) is 17.7 Å². The summed E-state index contributed by atoms with van der Waals surface area (Å²) in [4.78, 5) is 13.5. The van der Waals surface area contributed by atoms with Gasteiger partial charge in [-0.15, -0.1) is 0 Å². The molecule has 0 saturated heterocycles. The van der Waals surface area contributed by atoms with E-state index < -0.39 is 0 Å². The fourth-order valence-electron chi connectivity index (χ4n) is 1.35. The van der Waals surface area contributed by atoms with Crippen molar-refractivity contribution < 1.29 is 0 Å². The van der Waals surface area contributed by atoms with Gasteiger partial charge in [0.05, 0.1) is 0 Å². The smallest absolute Gasteiger partial charge is 0.235 e. The predicted octanol–water partition coefficient (Wildman–Crippen LogP) is 3.25. The van der Waals surface area contributed by atoms with Gasteiger partial charge in [-0.3, -0.25) is 0 Å². The Labute approximate surface area is 109 Å². The number of benzene rings is 1. The first-order chi connectivity index (χ1) is 8.06. The van der Waals surface area contributed by atoms with Crippen molar-refractivity contribution in [3.05, 3.63) is 40.4 Å². The maximum Gasteiger partial charge on any atom is 0.235 e. The van der Waals surface area contributed by atoms with Crippen molar-refractivity contribution in [1.82, 2.24) is 15.0 Å². The molecule has 6 heteroatoms. The van der Waals surface area contributed by atoms with Gasteiger partial charge in [-0.2, -0.15) is 15.0 Å². The number of rotatable bonds is 2. The lowest BCUT2D eigenvalue weighted by Gasteiger charge is -2.17. The summed E-state index contributed by atoms with van der Waals surface area (Å²) < 4.78 is 0. The highest BCUT2D eigenvalue weighted by Gasteiger charge is 2.09. The van der Waals surface area contributed by atoms with E-state index in [2.05, 4.69) is 15.0 Å². The summed E-state index contributed by atoms with van der Waals surface area (Å²) in [6.07, 6.45) is 0. The van der Waals surface area contributed by atoms with Gasteiger partial charge in [0.1, 0.15) is 0 Å². The van der Waals surface area contributed by atoms with Crippen LogP contribution in [0.15, 0.2) is 24.3 Å². The quantitative estimate of drug-likeness (QED) is 0.839. The molecule has 0 radical (unpaired) electrons. The van der Waals surface area contributed by atoms with E-state index in [1.54, 1.807) is 4.90 Å². The lowest BCUT2D eigenvalue weighted by Crippen LogP contribution is -2.13. The molecule has 0 amide bonds. The van der Waals surface area contributed by atoms with E-state index in [0.29, 0.717) is 5.95 Å². The van der Waals surface area contributed by atoms with E-state index in [4.69, 9.17) is 23.2 Å². The molecule has 2 aromatic rings. The minimum absolute atomic E-state index is 0.0824. The molecule has 0 atom stereocenters. The first-order valence-corrected chi connectivity index (χ1v) is 5.69. The van der Waals surface area contributed by atoms with Crippen molar-refractivity contribution in [2.24, 2.45) is 0 Å². The molecular formula is C11H10Cl2N4. The van der Waals surface area contributed by atoms with Crippen LogP contribution in [0.2, 0.25) is 10.6 Å². The monoisotopic (exact) mass is 268 g/mol. The Morgan fingerprint density at radius 1 is 0.941 bits per heavy atom. The summed E-state index contributed by atoms with van der Waals surface area (Å²) >= 11 is 11.5. The average Bonchev–Trinajstić information content (AvgIpc) is 2.28. The normalized spacial score (nSPS) is 10.4. The van der Waals surface area contributed by atoms with Crippen molar-refractivity contribution in [3.63, 3.8) is 0 Å². The number of aromatic nitrogens is 3. The fourth-order valence-corrected chi connectivity index (χ4v) is 1.70. The van der Waals surface area contributed by atoms with Gasteiger partial charge in [-0.25, -0.2) is 0 Å². The summed E-state index contributed by atoms with van der Waals surface area (Å²) in [7, 11) is 1.84. The third kappa shape index (κ3) is 2.84. The third-order valence-electron chi connectivity index (χ3n) is 2.29. The van der Waals surface area contributed by atoms with Crippen LogP contribution in [-0.2, 0) is 0 Å². The molecule has 0 aliphatic heterocycles. The molecule has 0 saturated carbocycles. The third-order valence-corrected chi connectivity index (χ3v) is 2.63. The molecule has 1 aromatic heterocycles. The van der Waals surface area contributed by atoms with E-state index in [-0.39, 0.29) is 10.6 Å². The number of aryl methyl sites for hydroxylation is 1. The number of nitrogens with zero attached hydrogens (tertiary/aromatic N) is 4. The van der Waals surface area contributed by atoms with Gasteiger partial charge >= 0.3 is 0 Å². The zero-order valence-electron chi connectivity index (χ0n) is 9.35. The number of hydrogen-bond donors (Lipinski definition) is 0. The Balaban J connectivity index is 2.36. The summed E-state index contributed by atoms with van der Waals surface area (Å²) in [5, 5.41) is 0.165. The van der Waals surface area contributed by atoms with Gasteiger partial charge in [0, 0.05) is 12.7 Å². The van der Waals surface area contributed by atoms with Crippen molar-refractivity contribution in [3.8, 4) is 0 Å². The molecule has 0 bridgehead atoms. The van der Waals surface area contributed by atoms with Crippen molar-refractivity contribution >= 4 is 34.8 Å². The second kappa shape index (κ2) is 4.85. The lowest BCUT2D eigenvalue weighted by molar-refractivity contribution is 0.985. The number of halogens is 2. The Morgan fingerprint density at radius 2 is 1.47 bits per heavy atom. The highest BCUT2D eigenvalue weighted by atomic mass is 35.5. The SMILES string of the molecule is Cc1ccc(N(C)c2nc(Cl)nc(Cl)n2)cc1. The highest BCUT2D eigenvalue weighted by Crippen LogP contribution is 2.22. The molecule has 0 N–H and O–H groups in total. The van der Waals surface area contributed by atoms with Crippen LogP contribution >= 0.6 is 23.2 Å². The standard InChI is InChI=1S/C11H10Cl2N4/c1-7-3-5-8(6-4-7)17(2)11-15-9(12)14-10(13)16-11/h3-6H,1-2H3. The van der Waals surface area contributed by atoms with E-state index in [9.17, 15) is 0 Å². The number of anilines is 2. The van der Waals surface area contributed by atoms with Gasteiger partial charge in [-0.05, 0) is 42.3 Å². The molecule has 1 aromatic carbocycles. The molecule has 4 nitrogen and oxygen atoms in total. The lowest BCUT2D eigenvalue weighted by atomic mass is 10.2. The average molecular weight is 269 g/mol. The van der Waals surface area contributed by atoms with Crippen LogP contribution in [0.1, 0.15) is 5.56 Å². The van der Waals surface area contributed by atoms with E-state index >= 15 is 0 Å². The maximum atomic E-state index is 5.73. The topological polar surface area (TPSA) is 41.9 Å². The van der Waals surface area contributed by atoms with Gasteiger partial charge in [0.15, 0.2) is 0 Å². The summed E-state index contributed by atoms with van der Waals surface area (Å²) in [5.41, 5.74) is 2.14. The Kier molecular flexibility index (Phi) is 3.45. The molecule has 1 heterocycles. The zero-order valence-corrected chi connectivity index (χ0v) is 10.9. The van der Waals surface area contributed by atoms with Crippen molar-refractivity contribution in [1.29, 1.82) is 0 Å². The minimum Gasteiger partial charge on any atom is -0.313 e. The first-order valence-electron chi connectivity index (χ1n) is 4.94. The molecule has 17 heavy (non-hydrogen) atoms. The minimum atomic E-state index is 0.0824. The van der Waals surface area contributed by atoms with Gasteiger partial charge in [0.25, 0.3) is 0 Å². The van der Waals surface area contributed by atoms with Crippen LogP contribution in [0.25, 0.3) is 0 Å². The second-order valence-electron chi connectivity index (χ2n) is 3.57. The molecule has 2 rings (SSSR count). The van der Waals surface area contributed by atoms with Crippen LogP contribution in [-0.4, -0.2) is 22.0 Å². The van der Waals surface area contributed by atoms with Crippen LogP contribution < -0.4 is 4.90 Å².